The van der Waals surface area contributed by atoms with Gasteiger partial charge in [0, 0.05) is 26.7 Å². The van der Waals surface area contributed by atoms with Crippen LogP contribution in [-0.4, -0.2) is 41.7 Å². The number of rotatable bonds is 3. The largest absolute Gasteiger partial charge is 0.393 e. The van der Waals surface area contributed by atoms with Crippen molar-refractivity contribution in [2.45, 2.75) is 46.1 Å². The van der Waals surface area contributed by atoms with Crippen LogP contribution in [0.5, 0.6) is 0 Å². The SMILES string of the molecule is CN(C)Nc1ncnc(N2CC3(C)CC2CC(C)(C)C3)c1N. The number of aromatic nitrogens is 2. The molecule has 3 rings (SSSR count). The number of nitrogens with two attached hydrogens (primary N) is 1. The van der Waals surface area contributed by atoms with Crippen LogP contribution in [0.15, 0.2) is 6.33 Å². The summed E-state index contributed by atoms with van der Waals surface area (Å²) in [4.78, 5) is 11.2. The van der Waals surface area contributed by atoms with Gasteiger partial charge in [-0.15, -0.1) is 0 Å². The smallest absolute Gasteiger partial charge is 0.169 e. The molecule has 2 unspecified atom stereocenters. The van der Waals surface area contributed by atoms with Crippen LogP contribution in [0.2, 0.25) is 0 Å². The fourth-order valence-corrected chi connectivity index (χ4v) is 4.62. The van der Waals surface area contributed by atoms with Crippen molar-refractivity contribution in [3.05, 3.63) is 6.33 Å². The summed E-state index contributed by atoms with van der Waals surface area (Å²) in [6, 6.07) is 0.526. The fourth-order valence-electron chi connectivity index (χ4n) is 4.62. The Bertz CT molecular complexity index is 570. The topological polar surface area (TPSA) is 70.3 Å². The van der Waals surface area contributed by atoms with E-state index in [-0.39, 0.29) is 0 Å². The van der Waals surface area contributed by atoms with Crippen LogP contribution in [0.25, 0.3) is 0 Å². The van der Waals surface area contributed by atoms with Crippen molar-refractivity contribution < 1.29 is 0 Å². The summed E-state index contributed by atoms with van der Waals surface area (Å²) in [5.74, 6) is 1.56. The summed E-state index contributed by atoms with van der Waals surface area (Å²) in [6.45, 7) is 8.19. The number of nitrogens with zero attached hydrogens (tertiary/aromatic N) is 4. The van der Waals surface area contributed by atoms with Gasteiger partial charge in [0.1, 0.15) is 12.0 Å². The summed E-state index contributed by atoms with van der Waals surface area (Å²) in [6.07, 6.45) is 5.30. The molecular formula is C16H28N6. The third-order valence-electron chi connectivity index (χ3n) is 4.88. The molecule has 1 saturated heterocycles. The quantitative estimate of drug-likeness (QED) is 0.835. The molecule has 22 heavy (non-hydrogen) atoms. The number of hydrogen-bond acceptors (Lipinski definition) is 6. The van der Waals surface area contributed by atoms with Crippen molar-refractivity contribution in [2.24, 2.45) is 10.8 Å². The summed E-state index contributed by atoms with van der Waals surface area (Å²) >= 11 is 0. The lowest BCUT2D eigenvalue weighted by Gasteiger charge is -2.39. The zero-order chi connectivity index (χ0) is 16.1. The fraction of sp³-hybridized carbons (Fsp3) is 0.750. The van der Waals surface area contributed by atoms with Gasteiger partial charge in [0.2, 0.25) is 0 Å². The molecular weight excluding hydrogens is 276 g/mol. The number of hydrazine groups is 1. The van der Waals surface area contributed by atoms with E-state index in [2.05, 4.69) is 41.1 Å². The van der Waals surface area contributed by atoms with Crippen molar-refractivity contribution in [1.29, 1.82) is 0 Å². The van der Waals surface area contributed by atoms with Gasteiger partial charge in [0.05, 0.1) is 0 Å². The van der Waals surface area contributed by atoms with Crippen LogP contribution in [-0.2, 0) is 0 Å². The molecule has 0 amide bonds. The van der Waals surface area contributed by atoms with Crippen LogP contribution < -0.4 is 16.1 Å². The predicted octanol–water partition coefficient (Wildman–Crippen LogP) is 2.35. The molecule has 0 aromatic carbocycles. The first-order valence-electron chi connectivity index (χ1n) is 8.00. The minimum Gasteiger partial charge on any atom is -0.393 e. The molecule has 6 heteroatoms. The van der Waals surface area contributed by atoms with Gasteiger partial charge in [-0.25, -0.2) is 15.0 Å². The van der Waals surface area contributed by atoms with Gasteiger partial charge in [-0.3, -0.25) is 0 Å². The van der Waals surface area contributed by atoms with Crippen molar-refractivity contribution in [1.82, 2.24) is 15.0 Å². The minimum absolute atomic E-state index is 0.360. The highest BCUT2D eigenvalue weighted by atomic mass is 15.5. The minimum atomic E-state index is 0.360. The Labute approximate surface area is 133 Å². The first-order valence-corrected chi connectivity index (χ1v) is 8.00. The van der Waals surface area contributed by atoms with E-state index in [1.54, 1.807) is 6.33 Å². The molecule has 1 saturated carbocycles. The highest BCUT2D eigenvalue weighted by molar-refractivity contribution is 5.75. The molecule has 1 aliphatic carbocycles. The zero-order valence-electron chi connectivity index (χ0n) is 14.3. The highest BCUT2D eigenvalue weighted by Crippen LogP contribution is 2.53. The van der Waals surface area contributed by atoms with Crippen LogP contribution in [0.3, 0.4) is 0 Å². The monoisotopic (exact) mass is 304 g/mol. The highest BCUT2D eigenvalue weighted by Gasteiger charge is 2.50. The van der Waals surface area contributed by atoms with E-state index in [0.29, 0.717) is 28.4 Å². The third kappa shape index (κ3) is 2.72. The molecule has 1 aromatic heterocycles. The predicted molar refractivity (Wildman–Crippen MR) is 90.6 cm³/mol. The van der Waals surface area contributed by atoms with Gasteiger partial charge in [0.25, 0.3) is 0 Å². The van der Waals surface area contributed by atoms with Crippen LogP contribution in [0.4, 0.5) is 17.3 Å². The average molecular weight is 304 g/mol. The van der Waals surface area contributed by atoms with E-state index in [9.17, 15) is 0 Å². The van der Waals surface area contributed by atoms with Crippen LogP contribution in [0, 0.1) is 10.8 Å². The molecule has 1 aromatic rings. The maximum Gasteiger partial charge on any atom is 0.169 e. The van der Waals surface area contributed by atoms with Gasteiger partial charge < -0.3 is 16.1 Å². The van der Waals surface area contributed by atoms with Crippen molar-refractivity contribution >= 4 is 17.3 Å². The van der Waals surface area contributed by atoms with Gasteiger partial charge in [-0.2, -0.15) is 0 Å². The second-order valence-electron chi connectivity index (χ2n) is 8.31. The Morgan fingerprint density at radius 1 is 1.27 bits per heavy atom. The van der Waals surface area contributed by atoms with E-state index in [4.69, 9.17) is 5.73 Å². The molecule has 2 atom stereocenters. The molecule has 2 fully saturated rings. The van der Waals surface area contributed by atoms with E-state index in [1.165, 1.54) is 19.3 Å². The Kier molecular flexibility index (Phi) is 3.47. The number of nitrogens with one attached hydrogen (secondary N) is 1. The van der Waals surface area contributed by atoms with E-state index in [0.717, 1.165) is 12.4 Å². The zero-order valence-corrected chi connectivity index (χ0v) is 14.3. The number of hydrogen-bond donors (Lipinski definition) is 2. The van der Waals surface area contributed by atoms with Crippen molar-refractivity contribution in [3.8, 4) is 0 Å². The first-order chi connectivity index (χ1) is 10.2. The normalized spacial score (nSPS) is 29.9. The number of fused-ring (bicyclic) bond motifs is 2. The summed E-state index contributed by atoms with van der Waals surface area (Å²) in [7, 11) is 3.85. The molecule has 2 aliphatic rings. The standard InChI is InChI=1S/C16H28N6/c1-15(2)6-11-7-16(3,8-15)9-22(11)14-12(17)13(18-10-19-14)20-21(4)5/h10-11H,6-9,17H2,1-5H3,(H,18,19,20). The molecule has 0 radical (unpaired) electrons. The Morgan fingerprint density at radius 2 is 2.00 bits per heavy atom. The van der Waals surface area contributed by atoms with Gasteiger partial charge in [-0.1, -0.05) is 20.8 Å². The maximum absolute atomic E-state index is 6.35. The lowest BCUT2D eigenvalue weighted by molar-refractivity contribution is 0.136. The maximum atomic E-state index is 6.35. The lowest BCUT2D eigenvalue weighted by atomic mass is 9.65. The second kappa shape index (κ2) is 4.98. The van der Waals surface area contributed by atoms with E-state index in [1.807, 2.05) is 19.1 Å². The molecule has 2 bridgehead atoms. The molecule has 122 valence electrons. The third-order valence-corrected chi connectivity index (χ3v) is 4.88. The van der Waals surface area contributed by atoms with E-state index >= 15 is 0 Å². The number of anilines is 3. The van der Waals surface area contributed by atoms with Gasteiger partial charge >= 0.3 is 0 Å². The molecule has 1 aliphatic heterocycles. The molecule has 2 heterocycles. The van der Waals surface area contributed by atoms with Gasteiger partial charge in [-0.05, 0) is 30.1 Å². The summed E-state index contributed by atoms with van der Waals surface area (Å²) < 4.78 is 0. The van der Waals surface area contributed by atoms with Crippen LogP contribution >= 0.6 is 0 Å². The Morgan fingerprint density at radius 3 is 2.68 bits per heavy atom. The molecule has 0 spiro atoms. The van der Waals surface area contributed by atoms with Crippen molar-refractivity contribution in [2.75, 3.05) is 36.7 Å². The number of nitrogen functional groups attached to an aromatic ring is 1. The van der Waals surface area contributed by atoms with Crippen molar-refractivity contribution in [3.63, 3.8) is 0 Å². The second-order valence-corrected chi connectivity index (χ2v) is 8.31. The van der Waals surface area contributed by atoms with Crippen LogP contribution in [0.1, 0.15) is 40.0 Å². The average Bonchev–Trinajstić information content (AvgIpc) is 2.60. The lowest BCUT2D eigenvalue weighted by Crippen LogP contribution is -2.35. The Hall–Kier alpha value is -1.56. The summed E-state index contributed by atoms with van der Waals surface area (Å²) in [5.41, 5.74) is 10.9. The molecule has 6 nitrogen and oxygen atoms in total. The first kappa shape index (κ1) is 15.3. The van der Waals surface area contributed by atoms with Gasteiger partial charge in [0.15, 0.2) is 11.6 Å². The molecule has 3 N–H and O–H groups in total. The summed E-state index contributed by atoms with van der Waals surface area (Å²) in [5, 5.41) is 1.84. The van der Waals surface area contributed by atoms with E-state index < -0.39 is 0 Å². The Balaban J connectivity index is 1.92.